The molecule has 1 N–H and O–H groups in total. The van der Waals surface area contributed by atoms with Gasteiger partial charge in [-0.25, -0.2) is 4.98 Å². The number of nitrogens with zero attached hydrogens (tertiary/aromatic N) is 3. The molecule has 0 saturated carbocycles. The van der Waals surface area contributed by atoms with Crippen molar-refractivity contribution in [3.8, 4) is 0 Å². The molecule has 7 heteroatoms. The van der Waals surface area contributed by atoms with E-state index < -0.39 is 0 Å². The monoisotopic (exact) mass is 514 g/mol. The maximum absolute atomic E-state index is 13.5. The van der Waals surface area contributed by atoms with Crippen molar-refractivity contribution in [1.82, 2.24) is 14.9 Å². The number of aryl methyl sites for hydroxylation is 2. The number of imidazole rings is 1. The maximum atomic E-state index is 13.5. The van der Waals surface area contributed by atoms with Crippen molar-refractivity contribution >= 4 is 40.1 Å². The summed E-state index contributed by atoms with van der Waals surface area (Å²) in [5, 5.41) is 3.41. The number of fused-ring (bicyclic) bond motifs is 2. The summed E-state index contributed by atoms with van der Waals surface area (Å²) in [5.41, 5.74) is 4.67. The lowest BCUT2D eigenvalue weighted by Gasteiger charge is -2.29. The Morgan fingerprint density at radius 1 is 0.919 bits per heavy atom. The number of halogens is 1. The Morgan fingerprint density at radius 3 is 2.59 bits per heavy atom. The van der Waals surface area contributed by atoms with Crippen molar-refractivity contribution in [3.05, 3.63) is 94.8 Å². The fraction of sp³-hybridized carbons (Fsp3) is 0.300. The van der Waals surface area contributed by atoms with Gasteiger partial charge in [-0.1, -0.05) is 60.5 Å². The minimum absolute atomic E-state index is 0.0961. The van der Waals surface area contributed by atoms with E-state index in [0.717, 1.165) is 67.6 Å². The lowest BCUT2D eigenvalue weighted by atomic mass is 10.0. The van der Waals surface area contributed by atoms with E-state index in [9.17, 15) is 9.59 Å². The van der Waals surface area contributed by atoms with Crippen molar-refractivity contribution in [2.75, 3.05) is 18.0 Å². The van der Waals surface area contributed by atoms with Crippen LogP contribution in [0.4, 0.5) is 5.69 Å². The Kier molecular flexibility index (Phi) is 7.85. The molecule has 0 unspecified atom stereocenters. The van der Waals surface area contributed by atoms with Crippen LogP contribution in [0.5, 0.6) is 0 Å². The van der Waals surface area contributed by atoms with Crippen LogP contribution in [0.15, 0.2) is 72.8 Å². The van der Waals surface area contributed by atoms with Gasteiger partial charge in [-0.15, -0.1) is 0 Å². The number of para-hydroxylation sites is 3. The second kappa shape index (κ2) is 11.6. The molecule has 0 aliphatic carbocycles. The number of anilines is 1. The highest BCUT2D eigenvalue weighted by Gasteiger charge is 2.24. The highest BCUT2D eigenvalue weighted by Crippen LogP contribution is 2.27. The molecule has 2 heterocycles. The molecule has 190 valence electrons. The smallest absolute Gasteiger partial charge is 0.252 e. The largest absolute Gasteiger partial charge is 0.352 e. The van der Waals surface area contributed by atoms with Crippen molar-refractivity contribution < 1.29 is 9.59 Å². The normalized spacial score (nSPS) is 12.9. The van der Waals surface area contributed by atoms with Gasteiger partial charge in [-0.2, -0.15) is 0 Å². The van der Waals surface area contributed by atoms with Crippen molar-refractivity contribution in [2.45, 2.75) is 45.1 Å². The Labute approximate surface area is 222 Å². The Morgan fingerprint density at radius 2 is 1.70 bits per heavy atom. The molecule has 1 aliphatic rings. The van der Waals surface area contributed by atoms with Crippen molar-refractivity contribution in [1.29, 1.82) is 0 Å². The second-order valence-electron chi connectivity index (χ2n) is 9.43. The molecule has 1 aromatic heterocycles. The SMILES string of the molecule is O=C(NCCCCCc1nc2ccccc2n1CC(=O)N1CCCc2ccccc21)c1ccccc1Cl. The average molecular weight is 515 g/mol. The van der Waals surface area contributed by atoms with Crippen LogP contribution in [0.2, 0.25) is 5.02 Å². The molecular weight excluding hydrogens is 484 g/mol. The lowest BCUT2D eigenvalue weighted by molar-refractivity contribution is -0.119. The molecule has 1 aliphatic heterocycles. The molecule has 0 bridgehead atoms. The number of hydrogen-bond acceptors (Lipinski definition) is 3. The number of nitrogens with one attached hydrogen (secondary N) is 1. The molecule has 3 aromatic carbocycles. The average Bonchev–Trinajstić information content (AvgIpc) is 3.27. The Hall–Kier alpha value is -3.64. The number of rotatable bonds is 9. The summed E-state index contributed by atoms with van der Waals surface area (Å²) in [6.07, 6.45) is 5.49. The molecule has 0 atom stereocenters. The zero-order valence-corrected chi connectivity index (χ0v) is 21.6. The van der Waals surface area contributed by atoms with Gasteiger partial charge >= 0.3 is 0 Å². The summed E-state index contributed by atoms with van der Waals surface area (Å²) in [5.74, 6) is 0.879. The first kappa shape index (κ1) is 25.0. The summed E-state index contributed by atoms with van der Waals surface area (Å²) in [7, 11) is 0. The highest BCUT2D eigenvalue weighted by molar-refractivity contribution is 6.33. The van der Waals surface area contributed by atoms with Gasteiger partial charge in [0.2, 0.25) is 5.91 Å². The van der Waals surface area contributed by atoms with Crippen LogP contribution in [0.25, 0.3) is 11.0 Å². The van der Waals surface area contributed by atoms with Gasteiger partial charge in [0, 0.05) is 25.2 Å². The van der Waals surface area contributed by atoms with E-state index in [0.29, 0.717) is 17.1 Å². The fourth-order valence-electron chi connectivity index (χ4n) is 5.03. The molecule has 0 fully saturated rings. The molecule has 37 heavy (non-hydrogen) atoms. The molecule has 2 amide bonds. The predicted octanol–water partition coefficient (Wildman–Crippen LogP) is 5.81. The number of carbonyl (C=O) groups is 2. The van der Waals surface area contributed by atoms with E-state index in [1.807, 2.05) is 59.5 Å². The van der Waals surface area contributed by atoms with Crippen LogP contribution >= 0.6 is 11.6 Å². The van der Waals surface area contributed by atoms with Crippen LogP contribution in [0.3, 0.4) is 0 Å². The summed E-state index contributed by atoms with van der Waals surface area (Å²) < 4.78 is 2.08. The molecule has 6 nitrogen and oxygen atoms in total. The van der Waals surface area contributed by atoms with E-state index in [4.69, 9.17) is 16.6 Å². The minimum Gasteiger partial charge on any atom is -0.352 e. The third-order valence-corrected chi connectivity index (χ3v) is 7.25. The maximum Gasteiger partial charge on any atom is 0.252 e. The number of hydrogen-bond donors (Lipinski definition) is 1. The lowest BCUT2D eigenvalue weighted by Crippen LogP contribution is -2.38. The van der Waals surface area contributed by atoms with Gasteiger partial charge < -0.3 is 14.8 Å². The van der Waals surface area contributed by atoms with Crippen LogP contribution in [0.1, 0.15) is 47.4 Å². The summed E-state index contributed by atoms with van der Waals surface area (Å²) in [6, 6.07) is 23.3. The zero-order chi connectivity index (χ0) is 25.6. The molecule has 0 saturated heterocycles. The standard InChI is InChI=1S/C30H31ClN4O2/c31-24-14-5-4-13-23(24)30(37)32-19-9-1-2-18-28-33-25-15-6-8-17-27(25)35(28)21-29(36)34-20-10-12-22-11-3-7-16-26(22)34/h3-8,11,13-17H,1-2,9-10,12,18-21H2,(H,32,37). The van der Waals surface area contributed by atoms with E-state index in [-0.39, 0.29) is 18.4 Å². The van der Waals surface area contributed by atoms with Crippen LogP contribution in [-0.2, 0) is 24.2 Å². The van der Waals surface area contributed by atoms with Crippen LogP contribution < -0.4 is 10.2 Å². The van der Waals surface area contributed by atoms with Gasteiger partial charge in [0.05, 0.1) is 21.6 Å². The predicted molar refractivity (Wildman–Crippen MR) is 148 cm³/mol. The van der Waals surface area contributed by atoms with Gasteiger partial charge in [-0.05, 0) is 61.6 Å². The third kappa shape index (κ3) is 5.70. The molecule has 0 radical (unpaired) electrons. The second-order valence-corrected chi connectivity index (χ2v) is 9.83. The first-order valence-electron chi connectivity index (χ1n) is 13.0. The number of amides is 2. The summed E-state index contributed by atoms with van der Waals surface area (Å²) in [6.45, 7) is 1.61. The molecule has 0 spiro atoms. The summed E-state index contributed by atoms with van der Waals surface area (Å²) >= 11 is 6.11. The highest BCUT2D eigenvalue weighted by atomic mass is 35.5. The number of carbonyl (C=O) groups excluding carboxylic acids is 2. The fourth-order valence-corrected chi connectivity index (χ4v) is 5.25. The first-order valence-corrected chi connectivity index (χ1v) is 13.3. The molecule has 4 aromatic rings. The topological polar surface area (TPSA) is 67.2 Å². The van der Waals surface area contributed by atoms with E-state index in [1.54, 1.807) is 12.1 Å². The molecule has 5 rings (SSSR count). The third-order valence-electron chi connectivity index (χ3n) is 6.92. The Balaban J connectivity index is 1.20. The van der Waals surface area contributed by atoms with E-state index in [2.05, 4.69) is 16.0 Å². The van der Waals surface area contributed by atoms with Crippen molar-refractivity contribution in [3.63, 3.8) is 0 Å². The summed E-state index contributed by atoms with van der Waals surface area (Å²) in [4.78, 5) is 32.6. The van der Waals surface area contributed by atoms with Gasteiger partial charge in [0.25, 0.3) is 5.91 Å². The van der Waals surface area contributed by atoms with Crippen molar-refractivity contribution in [2.24, 2.45) is 0 Å². The number of unbranched alkanes of at least 4 members (excludes halogenated alkanes) is 2. The van der Waals surface area contributed by atoms with Gasteiger partial charge in [0.1, 0.15) is 12.4 Å². The number of benzene rings is 3. The zero-order valence-electron chi connectivity index (χ0n) is 20.8. The Bertz CT molecular complexity index is 1410. The van der Waals surface area contributed by atoms with Gasteiger partial charge in [-0.3, -0.25) is 9.59 Å². The van der Waals surface area contributed by atoms with Gasteiger partial charge in [0.15, 0.2) is 0 Å². The van der Waals surface area contributed by atoms with Crippen LogP contribution in [-0.4, -0.2) is 34.5 Å². The van der Waals surface area contributed by atoms with Crippen LogP contribution in [0, 0.1) is 0 Å². The minimum atomic E-state index is -0.148. The van der Waals surface area contributed by atoms with E-state index in [1.165, 1.54) is 5.56 Å². The first-order chi connectivity index (χ1) is 18.1. The van der Waals surface area contributed by atoms with E-state index >= 15 is 0 Å². The molecular formula is C30H31ClN4O2. The number of aromatic nitrogens is 2. The quantitative estimate of drug-likeness (QED) is 0.286.